The Morgan fingerprint density at radius 3 is 1.39 bits per heavy atom. The maximum Gasteiger partial charge on any atom is 0.0415 e. The van der Waals surface area contributed by atoms with Crippen LogP contribution in [0.1, 0.15) is 37.8 Å². The molecule has 2 aromatic rings. The van der Waals surface area contributed by atoms with Crippen LogP contribution in [0.3, 0.4) is 0 Å². The third-order valence-corrected chi connectivity index (χ3v) is 5.18. The molecule has 2 rings (SSSR count). The summed E-state index contributed by atoms with van der Waals surface area (Å²) in [5.74, 6) is 0. The number of nitrogen functional groups attached to an aromatic ring is 2. The summed E-state index contributed by atoms with van der Waals surface area (Å²) < 4.78 is 0. The van der Waals surface area contributed by atoms with Gasteiger partial charge in [-0.1, -0.05) is 38.1 Å². The molecule has 4 heteroatoms. The van der Waals surface area contributed by atoms with Crippen molar-refractivity contribution in [2.24, 2.45) is 11.5 Å². The van der Waals surface area contributed by atoms with Crippen molar-refractivity contribution in [1.82, 2.24) is 0 Å². The van der Waals surface area contributed by atoms with Crippen molar-refractivity contribution in [3.8, 4) is 0 Å². The van der Waals surface area contributed by atoms with E-state index in [2.05, 4.69) is 38.1 Å². The summed E-state index contributed by atoms with van der Waals surface area (Å²) in [6, 6.07) is 15.9. The summed E-state index contributed by atoms with van der Waals surface area (Å²) in [6.07, 6.45) is 1.61. The van der Waals surface area contributed by atoms with Crippen LogP contribution in [0.4, 0.5) is 11.4 Å². The molecule has 0 amide bonds. The largest absolute Gasteiger partial charge is 0.399 e. The fraction of sp³-hybridized carbons (Fsp3) is 0.368. The molecule has 1 atom stereocenters. The maximum absolute atomic E-state index is 6.84. The molecule has 8 N–H and O–H groups in total. The monoisotopic (exact) mass is 312 g/mol. The van der Waals surface area contributed by atoms with E-state index < -0.39 is 11.0 Å². The van der Waals surface area contributed by atoms with E-state index in [-0.39, 0.29) is 0 Å². The molecule has 23 heavy (non-hydrogen) atoms. The predicted octanol–water partition coefficient (Wildman–Crippen LogP) is 2.61. The molecule has 1 unspecified atom stereocenters. The third kappa shape index (κ3) is 2.80. The van der Waals surface area contributed by atoms with Crippen LogP contribution in [-0.2, 0) is 5.41 Å². The van der Waals surface area contributed by atoms with E-state index >= 15 is 0 Å². The van der Waals surface area contributed by atoms with E-state index in [1.54, 1.807) is 0 Å². The lowest BCUT2D eigenvalue weighted by molar-refractivity contribution is 0.248. The van der Waals surface area contributed by atoms with Gasteiger partial charge in [0.05, 0.1) is 0 Å². The maximum atomic E-state index is 6.84. The Morgan fingerprint density at radius 2 is 1.13 bits per heavy atom. The molecule has 0 aliphatic heterocycles. The highest BCUT2D eigenvalue weighted by Crippen LogP contribution is 2.45. The van der Waals surface area contributed by atoms with Gasteiger partial charge in [-0.3, -0.25) is 0 Å². The van der Waals surface area contributed by atoms with Gasteiger partial charge < -0.3 is 22.9 Å². The summed E-state index contributed by atoms with van der Waals surface area (Å²) >= 11 is 0. The molecule has 0 bridgehead atoms. The van der Waals surface area contributed by atoms with Gasteiger partial charge in [-0.05, 0) is 48.2 Å². The smallest absolute Gasteiger partial charge is 0.0415 e. The molecule has 0 aliphatic rings. The molecule has 0 radical (unpaired) electrons. The lowest BCUT2D eigenvalue weighted by Gasteiger charge is -2.48. The first-order valence-corrected chi connectivity index (χ1v) is 8.14. The summed E-state index contributed by atoms with van der Waals surface area (Å²) in [5, 5.41) is 0. The van der Waals surface area contributed by atoms with Gasteiger partial charge in [-0.2, -0.15) is 0 Å². The fourth-order valence-corrected chi connectivity index (χ4v) is 3.66. The fourth-order valence-electron chi connectivity index (χ4n) is 3.66. The molecule has 124 valence electrons. The average Bonchev–Trinajstić information content (AvgIpc) is 2.58. The highest BCUT2D eigenvalue weighted by atomic mass is 14.9. The zero-order valence-electron chi connectivity index (χ0n) is 14.0. The van der Waals surface area contributed by atoms with E-state index in [4.69, 9.17) is 22.9 Å². The molecule has 0 saturated heterocycles. The topological polar surface area (TPSA) is 104 Å². The Bertz CT molecular complexity index is 582. The first-order valence-electron chi connectivity index (χ1n) is 8.14. The summed E-state index contributed by atoms with van der Waals surface area (Å²) in [5.41, 5.74) is 27.5. The van der Waals surface area contributed by atoms with E-state index in [0.29, 0.717) is 6.54 Å². The van der Waals surface area contributed by atoms with Crippen molar-refractivity contribution >= 4 is 11.4 Å². The lowest BCUT2D eigenvalue weighted by Crippen LogP contribution is -2.62. The van der Waals surface area contributed by atoms with Crippen molar-refractivity contribution in [3.05, 3.63) is 59.7 Å². The Balaban J connectivity index is 2.76. The number of hydrogen-bond donors (Lipinski definition) is 4. The third-order valence-electron chi connectivity index (χ3n) is 5.18. The highest BCUT2D eigenvalue weighted by Gasteiger charge is 2.48. The van der Waals surface area contributed by atoms with Gasteiger partial charge in [0.25, 0.3) is 0 Å². The second kappa shape index (κ2) is 6.60. The van der Waals surface area contributed by atoms with Gasteiger partial charge in [0, 0.05) is 28.9 Å². The van der Waals surface area contributed by atoms with Gasteiger partial charge in [0.1, 0.15) is 0 Å². The molecule has 0 heterocycles. The van der Waals surface area contributed by atoms with Gasteiger partial charge in [0.2, 0.25) is 0 Å². The summed E-state index contributed by atoms with van der Waals surface area (Å²) in [7, 11) is 0. The predicted molar refractivity (Wildman–Crippen MR) is 99.0 cm³/mol. The normalized spacial score (nSPS) is 14.4. The van der Waals surface area contributed by atoms with Crippen molar-refractivity contribution in [2.45, 2.75) is 37.6 Å². The summed E-state index contributed by atoms with van der Waals surface area (Å²) in [6.45, 7) is 4.64. The molecule has 4 nitrogen and oxygen atoms in total. The van der Waals surface area contributed by atoms with Gasteiger partial charge in [-0.25, -0.2) is 0 Å². The number of hydrogen-bond acceptors (Lipinski definition) is 4. The molecular weight excluding hydrogens is 284 g/mol. The van der Waals surface area contributed by atoms with Crippen LogP contribution in [0, 0.1) is 0 Å². The second-order valence-electron chi connectivity index (χ2n) is 6.22. The first kappa shape index (κ1) is 17.3. The van der Waals surface area contributed by atoms with E-state index in [1.807, 2.05) is 24.3 Å². The number of rotatable bonds is 6. The Morgan fingerprint density at radius 1 is 0.739 bits per heavy atom. The number of nitrogens with two attached hydrogens (primary N) is 4. The molecule has 0 aliphatic carbocycles. The molecule has 0 spiro atoms. The number of benzene rings is 2. The minimum Gasteiger partial charge on any atom is -0.399 e. The van der Waals surface area contributed by atoms with E-state index in [1.165, 1.54) is 0 Å². The SMILES string of the molecule is CCC(N)(CN)C(CC)(c1ccc(N)cc1)c1ccc(N)cc1. The number of anilines is 2. The molecule has 0 fully saturated rings. The van der Waals surface area contributed by atoms with E-state index in [0.717, 1.165) is 35.3 Å². The van der Waals surface area contributed by atoms with Crippen LogP contribution in [0.5, 0.6) is 0 Å². The Labute approximate surface area is 138 Å². The quantitative estimate of drug-likeness (QED) is 0.615. The van der Waals surface area contributed by atoms with Crippen LogP contribution in [0.25, 0.3) is 0 Å². The molecule has 2 aromatic carbocycles. The van der Waals surface area contributed by atoms with Crippen LogP contribution in [0.2, 0.25) is 0 Å². The highest BCUT2D eigenvalue weighted by molar-refractivity contribution is 5.51. The van der Waals surface area contributed by atoms with Crippen LogP contribution in [0.15, 0.2) is 48.5 Å². The van der Waals surface area contributed by atoms with Crippen molar-refractivity contribution < 1.29 is 0 Å². The first-order chi connectivity index (χ1) is 10.9. The van der Waals surface area contributed by atoms with Crippen molar-refractivity contribution in [2.75, 3.05) is 18.0 Å². The lowest BCUT2D eigenvalue weighted by atomic mass is 9.59. The molecular formula is C19H28N4. The van der Waals surface area contributed by atoms with E-state index in [9.17, 15) is 0 Å². The van der Waals surface area contributed by atoms with Gasteiger partial charge in [0.15, 0.2) is 0 Å². The zero-order valence-corrected chi connectivity index (χ0v) is 14.0. The van der Waals surface area contributed by atoms with Gasteiger partial charge >= 0.3 is 0 Å². The Kier molecular flexibility index (Phi) is 4.97. The van der Waals surface area contributed by atoms with Crippen LogP contribution >= 0.6 is 0 Å². The standard InChI is InChI=1S/C19H28N4/c1-3-18(23,13-20)19(4-2,14-5-9-16(21)10-6-14)15-7-11-17(22)12-8-15/h5-12H,3-4,13,20-23H2,1-2H3. The van der Waals surface area contributed by atoms with Crippen LogP contribution in [-0.4, -0.2) is 12.1 Å². The minimum atomic E-state index is -0.562. The summed E-state index contributed by atoms with van der Waals surface area (Å²) in [4.78, 5) is 0. The minimum absolute atomic E-state index is 0.391. The average molecular weight is 312 g/mol. The molecule has 0 aromatic heterocycles. The molecule has 0 saturated carbocycles. The zero-order chi connectivity index (χ0) is 17.1. The van der Waals surface area contributed by atoms with Crippen LogP contribution < -0.4 is 22.9 Å². The van der Waals surface area contributed by atoms with Gasteiger partial charge in [-0.15, -0.1) is 0 Å². The van der Waals surface area contributed by atoms with Crippen molar-refractivity contribution in [1.29, 1.82) is 0 Å². The Hall–Kier alpha value is -2.04. The van der Waals surface area contributed by atoms with Crippen molar-refractivity contribution in [3.63, 3.8) is 0 Å². The second-order valence-corrected chi connectivity index (χ2v) is 6.22.